The summed E-state index contributed by atoms with van der Waals surface area (Å²) >= 11 is 5.60. The Hall–Kier alpha value is -0.350. The number of hydrogen-bond acceptors (Lipinski definition) is 7. The third-order valence-corrected chi connectivity index (χ3v) is 6.22. The maximum atomic E-state index is 10.9. The highest BCUT2D eigenvalue weighted by atomic mass is 32.1. The molecule has 0 aromatic heterocycles. The fourth-order valence-electron chi connectivity index (χ4n) is 3.94. The first kappa shape index (κ1) is 31.6. The highest BCUT2D eigenvalue weighted by Gasteiger charge is 2.32. The summed E-state index contributed by atoms with van der Waals surface area (Å²) in [6.07, 6.45) is -1.65. The van der Waals surface area contributed by atoms with Gasteiger partial charge in [-0.25, -0.2) is 0 Å². The summed E-state index contributed by atoms with van der Waals surface area (Å²) in [4.78, 5) is 0.604. The number of aliphatic hydroxyl groups excluding tert-OH is 5. The lowest BCUT2D eigenvalue weighted by Crippen LogP contribution is -2.49. The molecule has 6 N–H and O–H groups in total. The van der Waals surface area contributed by atoms with Gasteiger partial charge in [-0.15, -0.1) is 0 Å². The van der Waals surface area contributed by atoms with Gasteiger partial charge in [0, 0.05) is 12.8 Å². The second-order valence-corrected chi connectivity index (χ2v) is 12.3. The van der Waals surface area contributed by atoms with E-state index in [1.54, 1.807) is 0 Å². The molecule has 0 aliphatic rings. The maximum Gasteiger partial charge on any atom is 0.105 e. The molecule has 0 saturated carbocycles. The third kappa shape index (κ3) is 12.8. The third-order valence-electron chi connectivity index (χ3n) is 5.95. The molecule has 0 saturated heterocycles. The molecule has 0 bridgehead atoms. The molecule has 0 aromatic rings. The van der Waals surface area contributed by atoms with Gasteiger partial charge in [-0.3, -0.25) is 0 Å². The zero-order valence-electron chi connectivity index (χ0n) is 21.4. The first-order valence-electron chi connectivity index (χ1n) is 11.6. The van der Waals surface area contributed by atoms with Gasteiger partial charge in [0.15, 0.2) is 0 Å². The number of thiocarbonyl (C=S) groups is 1. The van der Waals surface area contributed by atoms with Crippen LogP contribution in [0.1, 0.15) is 81.1 Å². The number of rotatable bonds is 15. The minimum absolute atomic E-state index is 0.0233. The average Bonchev–Trinajstić information content (AvgIpc) is 2.63. The van der Waals surface area contributed by atoms with E-state index in [2.05, 4.69) is 39.9 Å². The molecule has 0 amide bonds. The second kappa shape index (κ2) is 13.5. The van der Waals surface area contributed by atoms with E-state index in [0.29, 0.717) is 11.4 Å². The number of aliphatic hydroxyl groups is 5. The topological polar surface area (TPSA) is 122 Å². The van der Waals surface area contributed by atoms with E-state index in [1.165, 1.54) is 0 Å². The van der Waals surface area contributed by atoms with E-state index in [4.69, 9.17) is 22.1 Å². The van der Waals surface area contributed by atoms with E-state index in [-0.39, 0.29) is 35.9 Å². The Morgan fingerprint density at radius 2 is 1.47 bits per heavy atom. The molecule has 5 atom stereocenters. The summed E-state index contributed by atoms with van der Waals surface area (Å²) in [6, 6.07) is -0.589. The zero-order valence-corrected chi connectivity index (χ0v) is 22.2. The van der Waals surface area contributed by atoms with Gasteiger partial charge in [0.05, 0.1) is 43.1 Å². The summed E-state index contributed by atoms with van der Waals surface area (Å²) in [5, 5.41) is 52.9. The molecule has 0 fully saturated rings. The van der Waals surface area contributed by atoms with Crippen LogP contribution in [0.25, 0.3) is 0 Å². The highest BCUT2D eigenvalue weighted by molar-refractivity contribution is 7.80. The van der Waals surface area contributed by atoms with Crippen LogP contribution in [-0.4, -0.2) is 80.8 Å². The van der Waals surface area contributed by atoms with Crippen molar-refractivity contribution in [3.05, 3.63) is 0 Å². The fourth-order valence-corrected chi connectivity index (χ4v) is 4.48. The Morgan fingerprint density at radius 1 is 0.906 bits per heavy atom. The highest BCUT2D eigenvalue weighted by Crippen LogP contribution is 2.36. The lowest BCUT2D eigenvalue weighted by molar-refractivity contribution is -0.0673. The first-order valence-corrected chi connectivity index (χ1v) is 12.0. The molecule has 0 aliphatic carbocycles. The van der Waals surface area contributed by atoms with Gasteiger partial charge in [-0.2, -0.15) is 0 Å². The average molecular weight is 480 g/mol. The molecule has 0 aromatic carbocycles. The van der Waals surface area contributed by atoms with Crippen LogP contribution in [0.3, 0.4) is 0 Å². The molecule has 32 heavy (non-hydrogen) atoms. The number of nitrogens with one attached hydrogen (secondary N) is 1. The summed E-state index contributed by atoms with van der Waals surface area (Å²) in [6.45, 7) is 16.0. The van der Waals surface area contributed by atoms with Crippen molar-refractivity contribution in [2.45, 2.75) is 112 Å². The molecule has 0 spiro atoms. The number of hydrogen-bond donors (Lipinski definition) is 6. The Balaban J connectivity index is 5.21. The quantitative estimate of drug-likeness (QED) is 0.198. The zero-order chi connectivity index (χ0) is 25.3. The van der Waals surface area contributed by atoms with Gasteiger partial charge in [-0.05, 0) is 29.1 Å². The van der Waals surface area contributed by atoms with Gasteiger partial charge in [0.1, 0.15) is 12.2 Å². The minimum Gasteiger partial charge on any atom is -0.394 e. The first-order chi connectivity index (χ1) is 14.4. The van der Waals surface area contributed by atoms with Crippen LogP contribution < -0.4 is 5.32 Å². The largest absolute Gasteiger partial charge is 0.394 e. The molecule has 8 heteroatoms. The summed E-state index contributed by atoms with van der Waals surface area (Å²) < 4.78 is 5.52. The summed E-state index contributed by atoms with van der Waals surface area (Å²) in [5.41, 5.74) is -0.229. The smallest absolute Gasteiger partial charge is 0.105 e. The monoisotopic (exact) mass is 479 g/mol. The molecule has 0 aliphatic heterocycles. The Labute approximate surface area is 200 Å². The molecule has 5 unspecified atom stereocenters. The molecule has 192 valence electrons. The van der Waals surface area contributed by atoms with Gasteiger partial charge < -0.3 is 35.6 Å². The molecule has 7 nitrogen and oxygen atoms in total. The standard InChI is InChI=1S/C24H49NO6S/c1-9-24(7,8)20(30)10-17(27)16(13-31-14-19(29)18(28)12-26)25-21(32)11-23(5,6)15-22(2,3)4/h16-20,26-30H,9-15H2,1-8H3,(H,25,32). The molecular weight excluding hydrogens is 430 g/mol. The predicted octanol–water partition coefficient (Wildman–Crippen LogP) is 2.40. The van der Waals surface area contributed by atoms with Crippen LogP contribution in [0.2, 0.25) is 0 Å². The maximum absolute atomic E-state index is 10.9. The summed E-state index contributed by atoms with van der Waals surface area (Å²) in [7, 11) is 0. The second-order valence-electron chi connectivity index (χ2n) is 11.8. The van der Waals surface area contributed by atoms with E-state index in [1.807, 2.05) is 20.8 Å². The van der Waals surface area contributed by atoms with Crippen molar-refractivity contribution in [1.82, 2.24) is 5.32 Å². The van der Waals surface area contributed by atoms with Crippen LogP contribution in [0.15, 0.2) is 0 Å². The predicted molar refractivity (Wildman–Crippen MR) is 133 cm³/mol. The molecule has 0 rings (SSSR count). The summed E-state index contributed by atoms with van der Waals surface area (Å²) in [5.74, 6) is 0. The van der Waals surface area contributed by atoms with Crippen molar-refractivity contribution in [2.75, 3.05) is 19.8 Å². The minimum atomic E-state index is -1.29. The lowest BCUT2D eigenvalue weighted by Gasteiger charge is -2.35. The van der Waals surface area contributed by atoms with Gasteiger partial charge in [0.2, 0.25) is 0 Å². The van der Waals surface area contributed by atoms with E-state index in [0.717, 1.165) is 12.8 Å². The Kier molecular flexibility index (Phi) is 13.4. The van der Waals surface area contributed by atoms with E-state index in [9.17, 15) is 20.4 Å². The van der Waals surface area contributed by atoms with Crippen LogP contribution in [0, 0.1) is 16.2 Å². The van der Waals surface area contributed by atoms with E-state index < -0.39 is 37.1 Å². The Morgan fingerprint density at radius 3 is 1.94 bits per heavy atom. The normalized spacial score (nSPS) is 18.0. The number of ether oxygens (including phenoxy) is 1. The van der Waals surface area contributed by atoms with Crippen molar-refractivity contribution in [2.24, 2.45) is 16.2 Å². The van der Waals surface area contributed by atoms with Gasteiger partial charge in [0.25, 0.3) is 0 Å². The van der Waals surface area contributed by atoms with Crippen molar-refractivity contribution in [1.29, 1.82) is 0 Å². The van der Waals surface area contributed by atoms with Crippen LogP contribution >= 0.6 is 12.2 Å². The SMILES string of the molecule is CCC(C)(C)C(O)CC(O)C(COCC(O)C(O)CO)NC(=S)CC(C)(C)CC(C)(C)C. The van der Waals surface area contributed by atoms with Crippen LogP contribution in [0.4, 0.5) is 0 Å². The van der Waals surface area contributed by atoms with Gasteiger partial charge in [-0.1, -0.05) is 67.6 Å². The molecule has 0 heterocycles. The van der Waals surface area contributed by atoms with Crippen molar-refractivity contribution in [3.63, 3.8) is 0 Å². The van der Waals surface area contributed by atoms with E-state index >= 15 is 0 Å². The lowest BCUT2D eigenvalue weighted by atomic mass is 9.74. The molecule has 0 radical (unpaired) electrons. The fraction of sp³-hybridized carbons (Fsp3) is 0.958. The Bertz CT molecular complexity index is 549. The van der Waals surface area contributed by atoms with Crippen LogP contribution in [-0.2, 0) is 4.74 Å². The van der Waals surface area contributed by atoms with Gasteiger partial charge >= 0.3 is 0 Å². The van der Waals surface area contributed by atoms with Crippen molar-refractivity contribution in [3.8, 4) is 0 Å². The molecular formula is C24H49NO6S. The van der Waals surface area contributed by atoms with Crippen LogP contribution in [0.5, 0.6) is 0 Å². The van der Waals surface area contributed by atoms with Crippen molar-refractivity contribution < 1.29 is 30.3 Å². The van der Waals surface area contributed by atoms with Crippen molar-refractivity contribution >= 4 is 17.2 Å².